The zero-order valence-electron chi connectivity index (χ0n) is 10.1. The van der Waals surface area contributed by atoms with E-state index in [0.29, 0.717) is 0 Å². The van der Waals surface area contributed by atoms with Gasteiger partial charge in [0.25, 0.3) is 0 Å². The molecule has 0 amide bonds. The second kappa shape index (κ2) is 4.26. The highest BCUT2D eigenvalue weighted by Gasteiger charge is 2.21. The molecule has 0 aromatic carbocycles. The molecule has 3 rings (SSSR count). The fraction of sp³-hybridized carbons (Fsp3) is 0.571. The van der Waals surface area contributed by atoms with E-state index in [4.69, 9.17) is 0 Å². The second-order valence-corrected chi connectivity index (χ2v) is 5.35. The fourth-order valence-electron chi connectivity index (χ4n) is 2.14. The van der Waals surface area contributed by atoms with E-state index in [0.717, 1.165) is 5.92 Å². The van der Waals surface area contributed by atoms with E-state index in [1.54, 1.807) is 0 Å². The number of rotatable bonds is 1. The van der Waals surface area contributed by atoms with Crippen LogP contribution in [0.5, 0.6) is 0 Å². The molecular formula is C14H21P. The molecule has 15 heavy (non-hydrogen) atoms. The minimum Gasteiger partial charge on any atom is -0.137 e. The van der Waals surface area contributed by atoms with Crippen LogP contribution in [0.15, 0.2) is 6.07 Å². The highest BCUT2D eigenvalue weighted by atomic mass is 31.0. The molecule has 3 aliphatic carbocycles. The van der Waals surface area contributed by atoms with Crippen LogP contribution in [0.1, 0.15) is 36.0 Å². The summed E-state index contributed by atoms with van der Waals surface area (Å²) in [5.74, 6) is 1.08. The summed E-state index contributed by atoms with van der Waals surface area (Å²) < 4.78 is 0. The van der Waals surface area contributed by atoms with Crippen molar-refractivity contribution in [1.29, 1.82) is 0 Å². The van der Waals surface area contributed by atoms with Crippen LogP contribution in [0.4, 0.5) is 0 Å². The van der Waals surface area contributed by atoms with Crippen LogP contribution in [0.25, 0.3) is 11.1 Å². The minimum absolute atomic E-state index is 1.08. The average Bonchev–Trinajstić information content (AvgIpc) is 2.88. The Labute approximate surface area is 95.7 Å². The molecule has 0 saturated heterocycles. The highest BCUT2D eigenvalue weighted by Crippen LogP contribution is 2.44. The van der Waals surface area contributed by atoms with Crippen LogP contribution < -0.4 is 0 Å². The molecule has 0 heterocycles. The van der Waals surface area contributed by atoms with Gasteiger partial charge in [-0.2, -0.15) is 0 Å². The third kappa shape index (κ3) is 2.11. The van der Waals surface area contributed by atoms with Gasteiger partial charge in [0.2, 0.25) is 0 Å². The van der Waals surface area contributed by atoms with Gasteiger partial charge in [-0.25, -0.2) is 0 Å². The molecule has 0 aliphatic heterocycles. The standard InChI is InChI=1S/C9H10.C5H11P/c1-5-6(2)8-4-9(8)7(5)3;6-4-5-2-1-3-5/h4H,1-3H3;5H,1-4,6H2. The molecule has 1 heteroatoms. The normalized spacial score (nSPS) is 16.5. The molecule has 1 fully saturated rings. The van der Waals surface area contributed by atoms with Crippen LogP contribution in [0.3, 0.4) is 0 Å². The van der Waals surface area contributed by atoms with Gasteiger partial charge in [-0.1, -0.05) is 19.3 Å². The Bertz CT molecular complexity index is 346. The van der Waals surface area contributed by atoms with E-state index in [-0.39, 0.29) is 0 Å². The lowest BCUT2D eigenvalue weighted by Crippen LogP contribution is -2.11. The zero-order chi connectivity index (χ0) is 11.0. The Balaban J connectivity index is 0.000000124. The summed E-state index contributed by atoms with van der Waals surface area (Å²) >= 11 is 0. The van der Waals surface area contributed by atoms with Gasteiger partial charge < -0.3 is 0 Å². The Kier molecular flexibility index (Phi) is 3.16. The van der Waals surface area contributed by atoms with Crippen LogP contribution in [0, 0.1) is 26.7 Å². The molecule has 0 bridgehead atoms. The monoisotopic (exact) mass is 220 g/mol. The highest BCUT2D eigenvalue weighted by molar-refractivity contribution is 7.16. The first-order valence-electron chi connectivity index (χ1n) is 5.96. The van der Waals surface area contributed by atoms with Crippen molar-refractivity contribution in [2.75, 3.05) is 6.16 Å². The van der Waals surface area contributed by atoms with E-state index < -0.39 is 0 Å². The van der Waals surface area contributed by atoms with Crippen molar-refractivity contribution in [1.82, 2.24) is 0 Å². The average molecular weight is 220 g/mol. The molecule has 0 nitrogen and oxygen atoms in total. The third-order valence-electron chi connectivity index (χ3n) is 3.99. The first-order valence-corrected chi connectivity index (χ1v) is 6.78. The van der Waals surface area contributed by atoms with Crippen molar-refractivity contribution in [2.24, 2.45) is 5.92 Å². The lowest BCUT2D eigenvalue weighted by molar-refractivity contribution is 0.353. The number of hydrogen-bond donors (Lipinski definition) is 0. The molecule has 82 valence electrons. The maximum absolute atomic E-state index is 2.79. The second-order valence-electron chi connectivity index (χ2n) is 4.88. The van der Waals surface area contributed by atoms with E-state index in [9.17, 15) is 0 Å². The summed E-state index contributed by atoms with van der Waals surface area (Å²) in [4.78, 5) is 0. The summed E-state index contributed by atoms with van der Waals surface area (Å²) in [5, 5.41) is 0. The SMILES string of the molecule is Cc1c2cc-2c(C)c1C.PCC1CCC1. The maximum Gasteiger partial charge on any atom is -0.0143 e. The van der Waals surface area contributed by atoms with Crippen LogP contribution >= 0.6 is 9.24 Å². The van der Waals surface area contributed by atoms with Gasteiger partial charge in [0, 0.05) is 0 Å². The Morgan fingerprint density at radius 2 is 1.60 bits per heavy atom. The minimum atomic E-state index is 1.08. The lowest BCUT2D eigenvalue weighted by Gasteiger charge is -2.22. The molecule has 0 aromatic rings. The van der Waals surface area contributed by atoms with Crippen molar-refractivity contribution < 1.29 is 0 Å². The topological polar surface area (TPSA) is 0 Å². The molecule has 1 saturated carbocycles. The van der Waals surface area contributed by atoms with Gasteiger partial charge in [-0.3, -0.25) is 0 Å². The van der Waals surface area contributed by atoms with Gasteiger partial charge in [0.05, 0.1) is 0 Å². The van der Waals surface area contributed by atoms with Crippen molar-refractivity contribution in [3.63, 3.8) is 0 Å². The Morgan fingerprint density at radius 1 is 1.07 bits per heavy atom. The summed E-state index contributed by atoms with van der Waals surface area (Å²) in [6.45, 7) is 6.60. The van der Waals surface area contributed by atoms with Gasteiger partial charge in [-0.05, 0) is 66.7 Å². The number of fused-ring (bicyclic) bond motifs is 1. The summed E-state index contributed by atoms with van der Waals surface area (Å²) in [6.07, 6.45) is 5.80. The smallest absolute Gasteiger partial charge is 0.0143 e. The predicted octanol–water partition coefficient (Wildman–Crippen LogP) is 4.25. The van der Waals surface area contributed by atoms with Crippen LogP contribution in [-0.2, 0) is 0 Å². The fourth-order valence-corrected chi connectivity index (χ4v) is 2.61. The van der Waals surface area contributed by atoms with E-state index >= 15 is 0 Å². The van der Waals surface area contributed by atoms with Crippen molar-refractivity contribution in [3.05, 3.63) is 22.8 Å². The van der Waals surface area contributed by atoms with Crippen molar-refractivity contribution in [2.45, 2.75) is 40.0 Å². The maximum atomic E-state index is 2.79. The first kappa shape index (κ1) is 11.1. The lowest BCUT2D eigenvalue weighted by atomic mass is 9.87. The first-order chi connectivity index (χ1) is 7.15. The number of benzene rings is 1. The number of hydrogen-bond acceptors (Lipinski definition) is 0. The molecule has 0 spiro atoms. The van der Waals surface area contributed by atoms with Crippen LogP contribution in [0.2, 0.25) is 0 Å². The molecule has 0 N–H and O–H groups in total. The summed E-state index contributed by atoms with van der Waals surface area (Å²) in [6, 6.07) is 2.26. The van der Waals surface area contributed by atoms with E-state index in [1.807, 2.05) is 0 Å². The Hall–Kier alpha value is -0.350. The molecule has 3 aliphatic rings. The largest absolute Gasteiger partial charge is 0.137 e. The quantitative estimate of drug-likeness (QED) is 0.630. The van der Waals surface area contributed by atoms with Crippen LogP contribution in [-0.4, -0.2) is 6.16 Å². The van der Waals surface area contributed by atoms with Gasteiger partial charge in [0.15, 0.2) is 0 Å². The summed E-state index contributed by atoms with van der Waals surface area (Å²) in [7, 11) is 2.79. The van der Waals surface area contributed by atoms with Crippen molar-refractivity contribution >= 4 is 9.24 Å². The summed E-state index contributed by atoms with van der Waals surface area (Å²) in [5.41, 5.74) is 7.47. The molecular weight excluding hydrogens is 199 g/mol. The molecule has 1 unspecified atom stereocenters. The van der Waals surface area contributed by atoms with E-state index in [1.165, 1.54) is 53.2 Å². The predicted molar refractivity (Wildman–Crippen MR) is 71.6 cm³/mol. The van der Waals surface area contributed by atoms with Gasteiger partial charge >= 0.3 is 0 Å². The molecule has 0 radical (unpaired) electrons. The Morgan fingerprint density at radius 3 is 1.73 bits per heavy atom. The zero-order valence-corrected chi connectivity index (χ0v) is 11.2. The van der Waals surface area contributed by atoms with Gasteiger partial charge in [-0.15, -0.1) is 9.24 Å². The molecule has 0 aromatic heterocycles. The van der Waals surface area contributed by atoms with Gasteiger partial charge in [0.1, 0.15) is 0 Å². The van der Waals surface area contributed by atoms with E-state index in [2.05, 4.69) is 36.1 Å². The third-order valence-corrected chi connectivity index (χ3v) is 4.65. The molecule has 1 atom stereocenters. The van der Waals surface area contributed by atoms with Crippen molar-refractivity contribution in [3.8, 4) is 11.1 Å².